The van der Waals surface area contributed by atoms with Crippen LogP contribution in [-0.4, -0.2) is 18.7 Å². The Balaban J connectivity index is 2.11. The Kier molecular flexibility index (Phi) is 4.52. The largest absolute Gasteiger partial charge is 0.496 e. The van der Waals surface area contributed by atoms with Crippen LogP contribution in [0.25, 0.3) is 11.1 Å². The van der Waals surface area contributed by atoms with Crippen molar-refractivity contribution < 1.29 is 14.3 Å². The Morgan fingerprint density at radius 1 is 0.708 bits per heavy atom. The fourth-order valence-electron chi connectivity index (χ4n) is 2.64. The van der Waals surface area contributed by atoms with E-state index in [0.717, 1.165) is 5.56 Å². The first-order valence-electron chi connectivity index (χ1n) is 7.59. The highest BCUT2D eigenvalue weighted by Gasteiger charge is 2.23. The second-order valence-corrected chi connectivity index (χ2v) is 5.27. The molecule has 0 radical (unpaired) electrons. The van der Waals surface area contributed by atoms with Crippen LogP contribution < -0.4 is 4.74 Å². The lowest BCUT2D eigenvalue weighted by Crippen LogP contribution is -2.15. The number of ketones is 2. The molecule has 0 fully saturated rings. The van der Waals surface area contributed by atoms with Gasteiger partial charge in [-0.15, -0.1) is 0 Å². The Bertz CT molecular complexity index is 868. The maximum atomic E-state index is 12.8. The van der Waals surface area contributed by atoms with E-state index in [1.807, 2.05) is 36.4 Å². The van der Waals surface area contributed by atoms with Crippen LogP contribution in [0.2, 0.25) is 0 Å². The number of benzene rings is 3. The predicted molar refractivity (Wildman–Crippen MR) is 93.5 cm³/mol. The summed E-state index contributed by atoms with van der Waals surface area (Å²) in [4.78, 5) is 25.3. The van der Waals surface area contributed by atoms with E-state index in [-0.39, 0.29) is 0 Å². The van der Waals surface area contributed by atoms with Crippen LogP contribution in [0.1, 0.15) is 20.7 Å². The third kappa shape index (κ3) is 2.97. The molecule has 0 spiro atoms. The summed E-state index contributed by atoms with van der Waals surface area (Å²) in [6.45, 7) is 0. The van der Waals surface area contributed by atoms with E-state index in [0.29, 0.717) is 22.4 Å². The van der Waals surface area contributed by atoms with E-state index in [4.69, 9.17) is 4.74 Å². The van der Waals surface area contributed by atoms with Crippen LogP contribution >= 0.6 is 0 Å². The van der Waals surface area contributed by atoms with Gasteiger partial charge in [0.2, 0.25) is 11.6 Å². The second kappa shape index (κ2) is 6.92. The molecule has 3 rings (SSSR count). The number of carbonyl (C=O) groups excluding carboxylic acids is 2. The standard InChI is InChI=1S/C21H16O3/c1-24-18-14-8-13-17(19(18)15-9-4-2-5-10-15)21(23)20(22)16-11-6-3-7-12-16/h2-14H,1H3. The van der Waals surface area contributed by atoms with Crippen molar-refractivity contribution in [1.29, 1.82) is 0 Å². The average molecular weight is 316 g/mol. The highest BCUT2D eigenvalue weighted by molar-refractivity contribution is 6.50. The molecule has 0 unspecified atom stereocenters. The van der Waals surface area contributed by atoms with E-state index in [1.165, 1.54) is 0 Å². The number of methoxy groups -OCH3 is 1. The van der Waals surface area contributed by atoms with Gasteiger partial charge < -0.3 is 4.74 Å². The third-order valence-electron chi connectivity index (χ3n) is 3.80. The molecule has 118 valence electrons. The van der Waals surface area contributed by atoms with Gasteiger partial charge in [-0.25, -0.2) is 0 Å². The second-order valence-electron chi connectivity index (χ2n) is 5.27. The van der Waals surface area contributed by atoms with Gasteiger partial charge in [0.1, 0.15) is 5.75 Å². The van der Waals surface area contributed by atoms with Crippen molar-refractivity contribution in [2.75, 3.05) is 7.11 Å². The molecule has 0 saturated carbocycles. The summed E-state index contributed by atoms with van der Waals surface area (Å²) in [6.07, 6.45) is 0. The van der Waals surface area contributed by atoms with E-state index in [2.05, 4.69) is 0 Å². The van der Waals surface area contributed by atoms with E-state index < -0.39 is 11.6 Å². The van der Waals surface area contributed by atoms with Crippen LogP contribution in [0.15, 0.2) is 78.9 Å². The molecule has 0 atom stereocenters. The highest BCUT2D eigenvalue weighted by atomic mass is 16.5. The van der Waals surface area contributed by atoms with Gasteiger partial charge in [-0.1, -0.05) is 72.8 Å². The fourth-order valence-corrected chi connectivity index (χ4v) is 2.64. The molecular formula is C21H16O3. The van der Waals surface area contributed by atoms with E-state index in [1.54, 1.807) is 49.6 Å². The molecule has 0 saturated heterocycles. The molecule has 0 aromatic heterocycles. The Labute approximate surface area is 140 Å². The van der Waals surface area contributed by atoms with Gasteiger partial charge in [0.25, 0.3) is 0 Å². The molecule has 0 N–H and O–H groups in total. The fraction of sp³-hybridized carbons (Fsp3) is 0.0476. The number of Topliss-reactive ketones (excluding diaryl/α,β-unsaturated/α-hetero) is 2. The van der Waals surface area contributed by atoms with Crippen LogP contribution in [0.3, 0.4) is 0 Å². The zero-order valence-electron chi connectivity index (χ0n) is 13.2. The Morgan fingerprint density at radius 3 is 1.96 bits per heavy atom. The topological polar surface area (TPSA) is 43.4 Å². The molecule has 0 heterocycles. The molecule has 0 aliphatic heterocycles. The number of rotatable bonds is 5. The molecule has 3 aromatic carbocycles. The normalized spacial score (nSPS) is 10.2. The number of hydrogen-bond donors (Lipinski definition) is 0. The van der Waals surface area contributed by atoms with Gasteiger partial charge in [0.05, 0.1) is 7.11 Å². The van der Waals surface area contributed by atoms with Gasteiger partial charge in [-0.3, -0.25) is 9.59 Å². The molecule has 3 aromatic rings. The molecule has 0 aliphatic carbocycles. The van der Waals surface area contributed by atoms with Gasteiger partial charge in [-0.05, 0) is 11.6 Å². The van der Waals surface area contributed by atoms with Crippen molar-refractivity contribution in [1.82, 2.24) is 0 Å². The monoisotopic (exact) mass is 316 g/mol. The van der Waals surface area contributed by atoms with E-state index in [9.17, 15) is 9.59 Å². The Morgan fingerprint density at radius 2 is 1.33 bits per heavy atom. The molecule has 3 heteroatoms. The molecule has 0 amide bonds. The first kappa shape index (κ1) is 15.7. The first-order valence-corrected chi connectivity index (χ1v) is 7.59. The number of ether oxygens (including phenoxy) is 1. The zero-order chi connectivity index (χ0) is 16.9. The van der Waals surface area contributed by atoms with Crippen molar-refractivity contribution in [2.45, 2.75) is 0 Å². The summed E-state index contributed by atoms with van der Waals surface area (Å²) < 4.78 is 5.41. The minimum Gasteiger partial charge on any atom is -0.496 e. The maximum Gasteiger partial charge on any atom is 0.234 e. The molecule has 0 aliphatic rings. The number of carbonyl (C=O) groups is 2. The lowest BCUT2D eigenvalue weighted by atomic mass is 9.93. The van der Waals surface area contributed by atoms with Crippen molar-refractivity contribution in [3.8, 4) is 16.9 Å². The van der Waals surface area contributed by atoms with Gasteiger partial charge in [-0.2, -0.15) is 0 Å². The van der Waals surface area contributed by atoms with Crippen LogP contribution in [0, 0.1) is 0 Å². The van der Waals surface area contributed by atoms with Crippen LogP contribution in [0.5, 0.6) is 5.75 Å². The van der Waals surface area contributed by atoms with Gasteiger partial charge in [0, 0.05) is 16.7 Å². The predicted octanol–water partition coefficient (Wildman–Crippen LogP) is 4.43. The quantitative estimate of drug-likeness (QED) is 0.516. The number of hydrogen-bond acceptors (Lipinski definition) is 3. The van der Waals surface area contributed by atoms with Crippen molar-refractivity contribution in [2.24, 2.45) is 0 Å². The highest BCUT2D eigenvalue weighted by Crippen LogP contribution is 2.34. The molecule has 24 heavy (non-hydrogen) atoms. The average Bonchev–Trinajstić information content (AvgIpc) is 2.67. The van der Waals surface area contributed by atoms with Crippen molar-refractivity contribution in [3.05, 3.63) is 90.0 Å². The first-order chi connectivity index (χ1) is 11.7. The Hall–Kier alpha value is -3.20. The minimum atomic E-state index is -0.543. The summed E-state index contributed by atoms with van der Waals surface area (Å²) in [6, 6.07) is 23.2. The zero-order valence-corrected chi connectivity index (χ0v) is 13.2. The van der Waals surface area contributed by atoms with Crippen LogP contribution in [0.4, 0.5) is 0 Å². The van der Waals surface area contributed by atoms with Crippen LogP contribution in [-0.2, 0) is 0 Å². The van der Waals surface area contributed by atoms with Crippen molar-refractivity contribution in [3.63, 3.8) is 0 Å². The maximum absolute atomic E-state index is 12.8. The van der Waals surface area contributed by atoms with Gasteiger partial charge in [0.15, 0.2) is 0 Å². The lowest BCUT2D eigenvalue weighted by molar-refractivity contribution is 0.0817. The summed E-state index contributed by atoms with van der Waals surface area (Å²) in [5.74, 6) is -0.507. The summed E-state index contributed by atoms with van der Waals surface area (Å²) in [7, 11) is 1.55. The van der Waals surface area contributed by atoms with Gasteiger partial charge >= 0.3 is 0 Å². The lowest BCUT2D eigenvalue weighted by Gasteiger charge is -2.13. The van der Waals surface area contributed by atoms with Crippen molar-refractivity contribution >= 4 is 11.6 Å². The summed E-state index contributed by atoms with van der Waals surface area (Å²) in [5, 5.41) is 0. The smallest absolute Gasteiger partial charge is 0.234 e. The minimum absolute atomic E-state index is 0.342. The molecule has 0 bridgehead atoms. The molecular weight excluding hydrogens is 300 g/mol. The SMILES string of the molecule is COc1cccc(C(=O)C(=O)c2ccccc2)c1-c1ccccc1. The summed E-state index contributed by atoms with van der Waals surface area (Å²) in [5.41, 5.74) is 2.19. The third-order valence-corrected chi connectivity index (χ3v) is 3.80. The molecule has 3 nitrogen and oxygen atoms in total. The van der Waals surface area contributed by atoms with E-state index >= 15 is 0 Å². The summed E-state index contributed by atoms with van der Waals surface area (Å²) >= 11 is 0.